The Hall–Kier alpha value is -4.26. The predicted molar refractivity (Wildman–Crippen MR) is 147 cm³/mol. The highest BCUT2D eigenvalue weighted by molar-refractivity contribution is 6.03. The quantitative estimate of drug-likeness (QED) is 0.258. The molecule has 0 aromatic heterocycles. The first-order valence-electron chi connectivity index (χ1n) is 13.0. The summed E-state index contributed by atoms with van der Waals surface area (Å²) < 4.78 is 10.6. The first kappa shape index (κ1) is 34.8. The van der Waals surface area contributed by atoms with Crippen LogP contribution in [0.15, 0.2) is 42.5 Å². The van der Waals surface area contributed by atoms with Gasteiger partial charge >= 0.3 is 29.9 Å². The fraction of sp³-hybridized carbons (Fsp3) is 0.500. The molecule has 1 fully saturated rings. The Morgan fingerprint density at radius 1 is 1.07 bits per heavy atom. The fourth-order valence-electron chi connectivity index (χ4n) is 3.73. The van der Waals surface area contributed by atoms with E-state index in [1.165, 1.54) is 11.9 Å². The van der Waals surface area contributed by atoms with E-state index in [0.717, 1.165) is 10.5 Å². The van der Waals surface area contributed by atoms with Gasteiger partial charge in [0.15, 0.2) is 6.04 Å². The lowest BCUT2D eigenvalue weighted by Crippen LogP contribution is -2.55. The van der Waals surface area contributed by atoms with Crippen LogP contribution in [0.1, 0.15) is 46.6 Å². The van der Waals surface area contributed by atoms with Gasteiger partial charge in [0.2, 0.25) is 5.91 Å². The average molecular weight is 578 g/mol. The second-order valence-electron chi connectivity index (χ2n) is 10.1. The van der Waals surface area contributed by atoms with E-state index in [0.29, 0.717) is 25.0 Å². The summed E-state index contributed by atoms with van der Waals surface area (Å²) in [6.45, 7) is 8.69. The zero-order valence-corrected chi connectivity index (χ0v) is 24.2. The highest BCUT2D eigenvalue weighted by Crippen LogP contribution is 2.20. The molecular formula is C28H39N3O10. The summed E-state index contributed by atoms with van der Waals surface area (Å²) in [7, 11) is 1.52. The average Bonchev–Trinajstić information content (AvgIpc) is 3.18. The molecule has 3 N–H and O–H groups in total. The molecule has 1 aromatic carbocycles. The van der Waals surface area contributed by atoms with Crippen molar-refractivity contribution in [2.24, 2.45) is 0 Å². The van der Waals surface area contributed by atoms with Gasteiger partial charge in [-0.05, 0) is 53.0 Å². The van der Waals surface area contributed by atoms with Gasteiger partial charge in [0.25, 0.3) is 0 Å². The van der Waals surface area contributed by atoms with Crippen LogP contribution < -0.4 is 5.32 Å². The molecule has 1 heterocycles. The summed E-state index contributed by atoms with van der Waals surface area (Å²) in [6.07, 6.45) is 2.12. The third-order valence-corrected chi connectivity index (χ3v) is 5.53. The van der Waals surface area contributed by atoms with Gasteiger partial charge in [0.1, 0.15) is 11.6 Å². The SMILES string of the molecule is CCOC(=O)C(CCc1ccccc1)NC(C)C(=O)N1C(=O)N(C)C[C@H]1C(=O)OC(C)(C)C.O=C(O)/C=C\C(=O)O. The van der Waals surface area contributed by atoms with Crippen molar-refractivity contribution < 1.29 is 48.5 Å². The number of carboxylic acids is 2. The molecule has 0 bridgehead atoms. The van der Waals surface area contributed by atoms with Crippen molar-refractivity contribution in [3.05, 3.63) is 48.0 Å². The molecule has 3 atom stereocenters. The van der Waals surface area contributed by atoms with E-state index in [4.69, 9.17) is 19.7 Å². The second kappa shape index (κ2) is 16.1. The van der Waals surface area contributed by atoms with E-state index in [2.05, 4.69) is 5.32 Å². The maximum Gasteiger partial charge on any atom is 0.331 e. The number of nitrogens with zero attached hydrogens (tertiary/aromatic N) is 2. The van der Waals surface area contributed by atoms with Crippen LogP contribution in [0, 0.1) is 0 Å². The minimum absolute atomic E-state index is 0.0432. The summed E-state index contributed by atoms with van der Waals surface area (Å²) in [5.41, 5.74) is 0.292. The first-order chi connectivity index (χ1) is 19.1. The van der Waals surface area contributed by atoms with Crippen LogP contribution in [0.5, 0.6) is 0 Å². The van der Waals surface area contributed by atoms with Crippen LogP contribution in [-0.4, -0.2) is 99.8 Å². The van der Waals surface area contributed by atoms with Crippen LogP contribution >= 0.6 is 0 Å². The van der Waals surface area contributed by atoms with Gasteiger partial charge in [-0.15, -0.1) is 0 Å². The zero-order chi connectivity index (χ0) is 31.3. The molecule has 13 nitrogen and oxygen atoms in total. The van der Waals surface area contributed by atoms with Crippen LogP contribution in [-0.2, 0) is 39.9 Å². The Kier molecular flexibility index (Phi) is 13.7. The van der Waals surface area contributed by atoms with Gasteiger partial charge in [-0.1, -0.05) is 30.3 Å². The largest absolute Gasteiger partial charge is 0.478 e. The Labute approximate surface area is 239 Å². The molecule has 41 heavy (non-hydrogen) atoms. The van der Waals surface area contributed by atoms with Crippen molar-refractivity contribution in [2.45, 2.75) is 71.2 Å². The number of carbonyl (C=O) groups is 6. The van der Waals surface area contributed by atoms with Crippen LogP contribution in [0.2, 0.25) is 0 Å². The number of hydrogen-bond donors (Lipinski definition) is 3. The molecule has 0 radical (unpaired) electrons. The van der Waals surface area contributed by atoms with E-state index in [1.54, 1.807) is 34.6 Å². The number of hydrogen-bond acceptors (Lipinski definition) is 9. The number of esters is 2. The van der Waals surface area contributed by atoms with E-state index in [-0.39, 0.29) is 13.2 Å². The monoisotopic (exact) mass is 577 g/mol. The van der Waals surface area contributed by atoms with Gasteiger partial charge in [-0.2, -0.15) is 0 Å². The number of carbonyl (C=O) groups excluding carboxylic acids is 4. The molecular weight excluding hydrogens is 538 g/mol. The Bertz CT molecular complexity index is 1100. The molecule has 1 aliphatic heterocycles. The Balaban J connectivity index is 0.000000915. The Morgan fingerprint density at radius 3 is 2.12 bits per heavy atom. The minimum atomic E-state index is -1.26. The summed E-state index contributed by atoms with van der Waals surface area (Å²) >= 11 is 0. The third-order valence-electron chi connectivity index (χ3n) is 5.53. The van der Waals surface area contributed by atoms with Crippen LogP contribution in [0.4, 0.5) is 4.79 Å². The van der Waals surface area contributed by atoms with Crippen molar-refractivity contribution in [2.75, 3.05) is 20.2 Å². The van der Waals surface area contributed by atoms with Gasteiger partial charge < -0.3 is 24.6 Å². The zero-order valence-electron chi connectivity index (χ0n) is 24.2. The van der Waals surface area contributed by atoms with Crippen molar-refractivity contribution in [3.63, 3.8) is 0 Å². The molecule has 226 valence electrons. The summed E-state index contributed by atoms with van der Waals surface area (Å²) in [4.78, 5) is 72.4. The number of likely N-dealkylation sites (N-methyl/N-ethyl adjacent to an activating group) is 1. The third kappa shape index (κ3) is 12.2. The number of carboxylic acid groups (broad SMARTS) is 2. The number of amides is 3. The summed E-state index contributed by atoms with van der Waals surface area (Å²) in [5, 5.41) is 18.6. The van der Waals surface area contributed by atoms with E-state index >= 15 is 0 Å². The maximum atomic E-state index is 13.2. The lowest BCUT2D eigenvalue weighted by atomic mass is 10.0. The van der Waals surface area contributed by atoms with E-state index in [9.17, 15) is 28.8 Å². The molecule has 1 aromatic rings. The molecule has 2 rings (SSSR count). The number of imide groups is 1. The normalized spacial score (nSPS) is 16.4. The topological polar surface area (TPSA) is 180 Å². The van der Waals surface area contributed by atoms with Crippen molar-refractivity contribution in [1.82, 2.24) is 15.1 Å². The van der Waals surface area contributed by atoms with E-state index in [1.807, 2.05) is 30.3 Å². The van der Waals surface area contributed by atoms with Gasteiger partial charge in [0, 0.05) is 19.2 Å². The lowest BCUT2D eigenvalue weighted by Gasteiger charge is -2.28. The number of aliphatic carboxylic acids is 2. The fourth-order valence-corrected chi connectivity index (χ4v) is 3.73. The molecule has 1 saturated heterocycles. The highest BCUT2D eigenvalue weighted by atomic mass is 16.6. The molecule has 13 heteroatoms. The summed E-state index contributed by atoms with van der Waals surface area (Å²) in [5.74, 6) is -4.23. The number of aryl methyl sites for hydroxylation is 1. The van der Waals surface area contributed by atoms with Crippen molar-refractivity contribution in [3.8, 4) is 0 Å². The highest BCUT2D eigenvalue weighted by Gasteiger charge is 2.46. The van der Waals surface area contributed by atoms with Crippen molar-refractivity contribution in [1.29, 1.82) is 0 Å². The number of ether oxygens (including phenoxy) is 2. The van der Waals surface area contributed by atoms with Gasteiger partial charge in [-0.25, -0.2) is 24.1 Å². The molecule has 0 saturated carbocycles. The number of nitrogens with one attached hydrogen (secondary N) is 1. The Morgan fingerprint density at radius 2 is 1.63 bits per heavy atom. The molecule has 3 amide bonds. The molecule has 0 aliphatic carbocycles. The number of benzene rings is 1. The molecule has 2 unspecified atom stereocenters. The molecule has 0 spiro atoms. The van der Waals surface area contributed by atoms with Gasteiger partial charge in [0.05, 0.1) is 19.2 Å². The van der Waals surface area contributed by atoms with Crippen LogP contribution in [0.25, 0.3) is 0 Å². The number of urea groups is 1. The maximum absolute atomic E-state index is 13.2. The lowest BCUT2D eigenvalue weighted by molar-refractivity contribution is -0.162. The van der Waals surface area contributed by atoms with Gasteiger partial charge in [-0.3, -0.25) is 14.9 Å². The predicted octanol–water partition coefficient (Wildman–Crippen LogP) is 1.85. The first-order valence-corrected chi connectivity index (χ1v) is 13.0. The second-order valence-corrected chi connectivity index (χ2v) is 10.1. The van der Waals surface area contributed by atoms with Crippen LogP contribution in [0.3, 0.4) is 0 Å². The van der Waals surface area contributed by atoms with Crippen molar-refractivity contribution >= 4 is 35.8 Å². The minimum Gasteiger partial charge on any atom is -0.478 e. The molecule has 1 aliphatic rings. The standard InChI is InChI=1S/C24H35N3O6.C4H4O4/c1-7-32-21(29)18(14-13-17-11-9-8-10-12-17)25-16(2)20(28)27-19(15-26(6)23(27)31)22(30)33-24(3,4)5;5-3(6)1-2-4(7)8/h8-12,16,18-19,25H,7,13-15H2,1-6H3;1-2H,(H,5,6)(H,7,8)/b;2-1-/t16?,18?,19-;/m0./s1. The van der Waals surface area contributed by atoms with E-state index < -0.39 is 59.5 Å². The number of rotatable bonds is 11. The summed E-state index contributed by atoms with van der Waals surface area (Å²) in [6, 6.07) is 6.37. The smallest absolute Gasteiger partial charge is 0.331 e.